The Labute approximate surface area is 108 Å². The third kappa shape index (κ3) is 3.39. The Balaban J connectivity index is 2.80. The number of methoxy groups -OCH3 is 1. The Morgan fingerprint density at radius 3 is 2.17 bits per heavy atom. The standard InChI is InChI=1S/C14H20O4/c1-5-14(3,13(15)17-6-2)18-12-9-7-11(16-4)8-10-12/h7-10H,5-6H2,1-4H3. The molecule has 0 radical (unpaired) electrons. The summed E-state index contributed by atoms with van der Waals surface area (Å²) in [5, 5.41) is 0. The maximum atomic E-state index is 11.9. The summed E-state index contributed by atoms with van der Waals surface area (Å²) in [6.45, 7) is 5.75. The van der Waals surface area contributed by atoms with E-state index >= 15 is 0 Å². The normalized spacial score (nSPS) is 13.6. The van der Waals surface area contributed by atoms with E-state index in [4.69, 9.17) is 14.2 Å². The second-order valence-corrected chi connectivity index (χ2v) is 4.08. The fourth-order valence-corrected chi connectivity index (χ4v) is 1.45. The largest absolute Gasteiger partial charge is 0.497 e. The zero-order chi connectivity index (χ0) is 13.6. The lowest BCUT2D eigenvalue weighted by atomic mass is 10.0. The maximum absolute atomic E-state index is 11.9. The summed E-state index contributed by atoms with van der Waals surface area (Å²) < 4.78 is 15.8. The van der Waals surface area contributed by atoms with Gasteiger partial charge in [0.2, 0.25) is 5.60 Å². The first-order valence-corrected chi connectivity index (χ1v) is 6.06. The summed E-state index contributed by atoms with van der Waals surface area (Å²) in [7, 11) is 1.60. The van der Waals surface area contributed by atoms with Crippen molar-refractivity contribution in [1.29, 1.82) is 0 Å². The molecule has 0 aromatic heterocycles. The lowest BCUT2D eigenvalue weighted by Gasteiger charge is -2.27. The third-order valence-corrected chi connectivity index (χ3v) is 2.78. The van der Waals surface area contributed by atoms with Crippen LogP contribution in [0.2, 0.25) is 0 Å². The van der Waals surface area contributed by atoms with Crippen molar-refractivity contribution in [2.75, 3.05) is 13.7 Å². The van der Waals surface area contributed by atoms with Crippen LogP contribution in [0.1, 0.15) is 27.2 Å². The first-order chi connectivity index (χ1) is 8.55. The van der Waals surface area contributed by atoms with E-state index in [0.717, 1.165) is 5.75 Å². The van der Waals surface area contributed by atoms with Gasteiger partial charge in [0.1, 0.15) is 11.5 Å². The van der Waals surface area contributed by atoms with Gasteiger partial charge in [0.15, 0.2) is 0 Å². The lowest BCUT2D eigenvalue weighted by Crippen LogP contribution is -2.42. The molecular formula is C14H20O4. The smallest absolute Gasteiger partial charge is 0.350 e. The predicted molar refractivity (Wildman–Crippen MR) is 69.0 cm³/mol. The van der Waals surface area contributed by atoms with Gasteiger partial charge in [0, 0.05) is 0 Å². The molecule has 0 heterocycles. The molecule has 0 fully saturated rings. The molecule has 0 saturated heterocycles. The predicted octanol–water partition coefficient (Wildman–Crippen LogP) is 2.81. The Bertz CT molecular complexity index is 385. The Kier molecular flexibility index (Phi) is 5.01. The molecular weight excluding hydrogens is 232 g/mol. The Hall–Kier alpha value is -1.71. The van der Waals surface area contributed by atoms with Gasteiger partial charge in [-0.15, -0.1) is 0 Å². The molecule has 0 amide bonds. The molecule has 0 aliphatic carbocycles. The number of hydrogen-bond acceptors (Lipinski definition) is 4. The molecule has 4 heteroatoms. The van der Waals surface area contributed by atoms with Crippen LogP contribution in [0.5, 0.6) is 11.5 Å². The maximum Gasteiger partial charge on any atom is 0.350 e. The van der Waals surface area contributed by atoms with Crippen LogP contribution >= 0.6 is 0 Å². The number of hydrogen-bond donors (Lipinski definition) is 0. The fourth-order valence-electron chi connectivity index (χ4n) is 1.45. The molecule has 100 valence electrons. The van der Waals surface area contributed by atoms with Gasteiger partial charge in [0.05, 0.1) is 13.7 Å². The van der Waals surface area contributed by atoms with E-state index in [9.17, 15) is 4.79 Å². The first kappa shape index (κ1) is 14.4. The minimum absolute atomic E-state index is 0.344. The molecule has 18 heavy (non-hydrogen) atoms. The number of carbonyl (C=O) groups excluding carboxylic acids is 1. The Morgan fingerprint density at radius 1 is 1.17 bits per heavy atom. The van der Waals surface area contributed by atoms with E-state index < -0.39 is 5.60 Å². The molecule has 1 atom stereocenters. The molecule has 1 aromatic carbocycles. The van der Waals surface area contributed by atoms with Crippen LogP contribution in [0.15, 0.2) is 24.3 Å². The van der Waals surface area contributed by atoms with E-state index in [0.29, 0.717) is 18.8 Å². The average molecular weight is 252 g/mol. The highest BCUT2D eigenvalue weighted by Crippen LogP contribution is 2.24. The van der Waals surface area contributed by atoms with Crippen LogP contribution in [0.3, 0.4) is 0 Å². The summed E-state index contributed by atoms with van der Waals surface area (Å²) in [5.41, 5.74) is -0.954. The van der Waals surface area contributed by atoms with Crippen molar-refractivity contribution in [3.8, 4) is 11.5 Å². The summed E-state index contributed by atoms with van der Waals surface area (Å²) in [4.78, 5) is 11.9. The van der Waals surface area contributed by atoms with Gasteiger partial charge in [-0.2, -0.15) is 0 Å². The number of ether oxygens (including phenoxy) is 3. The van der Waals surface area contributed by atoms with E-state index in [1.54, 1.807) is 45.2 Å². The lowest BCUT2D eigenvalue weighted by molar-refractivity contribution is -0.160. The van der Waals surface area contributed by atoms with Crippen LogP contribution < -0.4 is 9.47 Å². The van der Waals surface area contributed by atoms with Crippen LogP contribution in [0, 0.1) is 0 Å². The van der Waals surface area contributed by atoms with Gasteiger partial charge in [0.25, 0.3) is 0 Å². The highest BCUT2D eigenvalue weighted by atomic mass is 16.6. The summed E-state index contributed by atoms with van der Waals surface area (Å²) >= 11 is 0. The number of benzene rings is 1. The van der Waals surface area contributed by atoms with Gasteiger partial charge in [-0.05, 0) is 44.5 Å². The van der Waals surface area contributed by atoms with E-state index in [2.05, 4.69) is 0 Å². The van der Waals surface area contributed by atoms with Gasteiger partial charge in [-0.1, -0.05) is 6.92 Å². The zero-order valence-electron chi connectivity index (χ0n) is 11.4. The minimum atomic E-state index is -0.954. The van der Waals surface area contributed by atoms with E-state index in [1.807, 2.05) is 6.92 Å². The fraction of sp³-hybridized carbons (Fsp3) is 0.500. The van der Waals surface area contributed by atoms with Crippen molar-refractivity contribution in [3.05, 3.63) is 24.3 Å². The van der Waals surface area contributed by atoms with Crippen molar-refractivity contribution in [2.45, 2.75) is 32.8 Å². The molecule has 0 aliphatic heterocycles. The van der Waals surface area contributed by atoms with Gasteiger partial charge in [-0.25, -0.2) is 4.79 Å². The van der Waals surface area contributed by atoms with Gasteiger partial charge >= 0.3 is 5.97 Å². The molecule has 1 aromatic rings. The van der Waals surface area contributed by atoms with Crippen molar-refractivity contribution in [1.82, 2.24) is 0 Å². The SMILES string of the molecule is CCOC(=O)C(C)(CC)Oc1ccc(OC)cc1. The van der Waals surface area contributed by atoms with Crippen molar-refractivity contribution < 1.29 is 19.0 Å². The number of carbonyl (C=O) groups is 1. The average Bonchev–Trinajstić information content (AvgIpc) is 2.39. The topological polar surface area (TPSA) is 44.8 Å². The molecule has 0 saturated carbocycles. The van der Waals surface area contributed by atoms with Crippen LogP contribution in [-0.4, -0.2) is 25.3 Å². The van der Waals surface area contributed by atoms with Crippen LogP contribution in [-0.2, 0) is 9.53 Å². The first-order valence-electron chi connectivity index (χ1n) is 6.06. The molecule has 0 N–H and O–H groups in total. The molecule has 0 spiro atoms. The van der Waals surface area contributed by atoms with Gasteiger partial charge in [-0.3, -0.25) is 0 Å². The molecule has 0 bridgehead atoms. The summed E-state index contributed by atoms with van der Waals surface area (Å²) in [6.07, 6.45) is 0.540. The highest BCUT2D eigenvalue weighted by Gasteiger charge is 2.35. The number of esters is 1. The van der Waals surface area contributed by atoms with Crippen molar-refractivity contribution in [2.24, 2.45) is 0 Å². The molecule has 1 unspecified atom stereocenters. The number of rotatable bonds is 6. The van der Waals surface area contributed by atoms with Crippen molar-refractivity contribution >= 4 is 5.97 Å². The summed E-state index contributed by atoms with van der Waals surface area (Å²) in [6, 6.07) is 7.12. The molecule has 0 aliphatic rings. The minimum Gasteiger partial charge on any atom is -0.497 e. The quantitative estimate of drug-likeness (QED) is 0.730. The van der Waals surface area contributed by atoms with Gasteiger partial charge < -0.3 is 14.2 Å². The highest BCUT2D eigenvalue weighted by molar-refractivity contribution is 5.79. The van der Waals surface area contributed by atoms with E-state index in [-0.39, 0.29) is 5.97 Å². The molecule has 4 nitrogen and oxygen atoms in total. The van der Waals surface area contributed by atoms with Crippen LogP contribution in [0.25, 0.3) is 0 Å². The third-order valence-electron chi connectivity index (χ3n) is 2.78. The van der Waals surface area contributed by atoms with E-state index in [1.165, 1.54) is 0 Å². The molecule has 1 rings (SSSR count). The zero-order valence-corrected chi connectivity index (χ0v) is 11.4. The summed E-state index contributed by atoms with van der Waals surface area (Å²) in [5.74, 6) is 1.02. The van der Waals surface area contributed by atoms with Crippen LogP contribution in [0.4, 0.5) is 0 Å². The Morgan fingerprint density at radius 2 is 1.72 bits per heavy atom. The monoisotopic (exact) mass is 252 g/mol. The van der Waals surface area contributed by atoms with Crippen molar-refractivity contribution in [3.63, 3.8) is 0 Å². The second kappa shape index (κ2) is 6.28. The second-order valence-electron chi connectivity index (χ2n) is 4.08.